The highest BCUT2D eigenvalue weighted by Gasteiger charge is 2.27. The van der Waals surface area contributed by atoms with Crippen LogP contribution in [0.5, 0.6) is 0 Å². The van der Waals surface area contributed by atoms with Gasteiger partial charge in [0.25, 0.3) is 5.91 Å². The summed E-state index contributed by atoms with van der Waals surface area (Å²) in [5, 5.41) is 3.02. The lowest BCUT2D eigenvalue weighted by molar-refractivity contribution is -0.125. The van der Waals surface area contributed by atoms with Crippen LogP contribution in [0.4, 0.5) is 8.78 Å². The minimum atomic E-state index is -0.519. The Labute approximate surface area is 163 Å². The Hall–Kier alpha value is -2.76. The van der Waals surface area contributed by atoms with E-state index in [1.54, 1.807) is 29.2 Å². The fourth-order valence-electron chi connectivity index (χ4n) is 3.49. The first-order valence-electron chi connectivity index (χ1n) is 9.52. The van der Waals surface area contributed by atoms with Crippen molar-refractivity contribution in [2.45, 2.75) is 32.2 Å². The number of nitrogens with zero attached hydrogens (tertiary/aromatic N) is 1. The van der Waals surface area contributed by atoms with Crippen molar-refractivity contribution in [3.8, 4) is 0 Å². The molecule has 0 bridgehead atoms. The van der Waals surface area contributed by atoms with E-state index >= 15 is 0 Å². The number of hydrogen-bond donors (Lipinski definition) is 1. The number of rotatable bonds is 5. The number of nitrogens with one attached hydrogen (secondary N) is 1. The molecule has 2 aromatic carbocycles. The number of likely N-dealkylation sites (tertiary alicyclic amines) is 1. The zero-order valence-corrected chi connectivity index (χ0v) is 15.8. The minimum absolute atomic E-state index is 0.0212. The zero-order valence-electron chi connectivity index (χ0n) is 15.8. The molecular formula is C22H24F2N2O2. The van der Waals surface area contributed by atoms with E-state index in [0.717, 1.165) is 5.56 Å². The van der Waals surface area contributed by atoms with E-state index < -0.39 is 5.82 Å². The second-order valence-electron chi connectivity index (χ2n) is 7.29. The van der Waals surface area contributed by atoms with Crippen LogP contribution in [0.15, 0.2) is 48.5 Å². The van der Waals surface area contributed by atoms with Gasteiger partial charge < -0.3 is 10.2 Å². The van der Waals surface area contributed by atoms with E-state index in [0.29, 0.717) is 32.4 Å². The molecule has 1 aliphatic heterocycles. The van der Waals surface area contributed by atoms with Gasteiger partial charge in [-0.1, -0.05) is 31.2 Å². The van der Waals surface area contributed by atoms with Crippen molar-refractivity contribution in [3.05, 3.63) is 71.3 Å². The first-order chi connectivity index (χ1) is 13.4. The first kappa shape index (κ1) is 20.0. The Bertz CT molecular complexity index is 848. The van der Waals surface area contributed by atoms with Crippen LogP contribution in [0.2, 0.25) is 0 Å². The number of carbonyl (C=O) groups is 2. The summed E-state index contributed by atoms with van der Waals surface area (Å²) in [6.07, 6.45) is 1.71. The first-order valence-corrected chi connectivity index (χ1v) is 9.52. The number of hydrogen-bond acceptors (Lipinski definition) is 2. The van der Waals surface area contributed by atoms with Gasteiger partial charge in [-0.05, 0) is 49.1 Å². The van der Waals surface area contributed by atoms with Crippen molar-refractivity contribution in [2.24, 2.45) is 5.92 Å². The van der Waals surface area contributed by atoms with E-state index in [4.69, 9.17) is 0 Å². The molecule has 0 spiro atoms. The second kappa shape index (κ2) is 8.95. The highest BCUT2D eigenvalue weighted by Crippen LogP contribution is 2.17. The van der Waals surface area contributed by atoms with E-state index in [1.165, 1.54) is 24.3 Å². The average Bonchev–Trinajstić information content (AvgIpc) is 2.68. The molecule has 6 heteroatoms. The lowest BCUT2D eigenvalue weighted by atomic mass is 9.98. The van der Waals surface area contributed by atoms with Crippen LogP contribution < -0.4 is 5.32 Å². The topological polar surface area (TPSA) is 49.4 Å². The third kappa shape index (κ3) is 4.94. The summed E-state index contributed by atoms with van der Waals surface area (Å²) in [5.41, 5.74) is 0.863. The monoisotopic (exact) mass is 386 g/mol. The van der Waals surface area contributed by atoms with Crippen LogP contribution in [0.25, 0.3) is 0 Å². The van der Waals surface area contributed by atoms with Gasteiger partial charge in [0, 0.05) is 25.0 Å². The average molecular weight is 386 g/mol. The predicted octanol–water partition coefficient (Wildman–Crippen LogP) is 3.56. The molecule has 0 aliphatic carbocycles. The summed E-state index contributed by atoms with van der Waals surface area (Å²) in [6, 6.07) is 12.2. The standard InChI is InChI=1S/C22H24F2N2O2/c1-15(13-16-5-4-6-17(23)14-16)21(27)25-18-9-11-26(12-10-18)22(28)19-7-2-3-8-20(19)24/h2-8,14-15,18H,9-13H2,1H3,(H,25,27). The van der Waals surface area contributed by atoms with Gasteiger partial charge in [-0.15, -0.1) is 0 Å². The summed E-state index contributed by atoms with van der Waals surface area (Å²) in [5.74, 6) is -1.50. The molecule has 2 amide bonds. The maximum Gasteiger partial charge on any atom is 0.256 e. The predicted molar refractivity (Wildman–Crippen MR) is 103 cm³/mol. The quantitative estimate of drug-likeness (QED) is 0.854. The maximum absolute atomic E-state index is 13.8. The minimum Gasteiger partial charge on any atom is -0.353 e. The molecule has 1 saturated heterocycles. The van der Waals surface area contributed by atoms with Crippen molar-refractivity contribution in [1.29, 1.82) is 0 Å². The Morgan fingerprint density at radius 1 is 1.11 bits per heavy atom. The van der Waals surface area contributed by atoms with Crippen molar-refractivity contribution < 1.29 is 18.4 Å². The van der Waals surface area contributed by atoms with E-state index in [1.807, 2.05) is 6.92 Å². The summed E-state index contributed by atoms with van der Waals surface area (Å²) in [4.78, 5) is 26.5. The number of halogens is 2. The van der Waals surface area contributed by atoms with Gasteiger partial charge in [-0.2, -0.15) is 0 Å². The SMILES string of the molecule is CC(Cc1cccc(F)c1)C(=O)NC1CCN(C(=O)c2ccccc2F)CC1. The summed E-state index contributed by atoms with van der Waals surface area (Å²) in [7, 11) is 0. The molecule has 1 fully saturated rings. The van der Waals surface area contributed by atoms with Crippen molar-refractivity contribution in [1.82, 2.24) is 10.2 Å². The number of benzene rings is 2. The van der Waals surface area contributed by atoms with E-state index in [-0.39, 0.29) is 35.2 Å². The molecule has 1 heterocycles. The summed E-state index contributed by atoms with van der Waals surface area (Å²) < 4.78 is 27.1. The molecule has 0 aromatic heterocycles. The van der Waals surface area contributed by atoms with Gasteiger partial charge in [-0.3, -0.25) is 9.59 Å². The maximum atomic E-state index is 13.8. The van der Waals surface area contributed by atoms with Crippen molar-refractivity contribution in [3.63, 3.8) is 0 Å². The summed E-state index contributed by atoms with van der Waals surface area (Å²) >= 11 is 0. The molecule has 2 aromatic rings. The zero-order chi connectivity index (χ0) is 20.1. The molecule has 4 nitrogen and oxygen atoms in total. The molecule has 1 atom stereocenters. The number of amides is 2. The van der Waals surface area contributed by atoms with Gasteiger partial charge in [0.05, 0.1) is 5.56 Å². The molecule has 0 radical (unpaired) electrons. The van der Waals surface area contributed by atoms with Crippen LogP contribution in [-0.4, -0.2) is 35.8 Å². The normalized spacial score (nSPS) is 15.9. The molecule has 28 heavy (non-hydrogen) atoms. The highest BCUT2D eigenvalue weighted by molar-refractivity contribution is 5.94. The molecule has 148 valence electrons. The Morgan fingerprint density at radius 2 is 1.82 bits per heavy atom. The number of carbonyl (C=O) groups excluding carboxylic acids is 2. The van der Waals surface area contributed by atoms with Crippen LogP contribution >= 0.6 is 0 Å². The molecule has 1 N–H and O–H groups in total. The van der Waals surface area contributed by atoms with Crippen LogP contribution in [-0.2, 0) is 11.2 Å². The summed E-state index contributed by atoms with van der Waals surface area (Å²) in [6.45, 7) is 2.75. The Morgan fingerprint density at radius 3 is 2.50 bits per heavy atom. The van der Waals surface area contributed by atoms with Crippen molar-refractivity contribution in [2.75, 3.05) is 13.1 Å². The third-order valence-corrected chi connectivity index (χ3v) is 5.11. The second-order valence-corrected chi connectivity index (χ2v) is 7.29. The van der Waals surface area contributed by atoms with Gasteiger partial charge >= 0.3 is 0 Å². The van der Waals surface area contributed by atoms with Crippen LogP contribution in [0.1, 0.15) is 35.7 Å². The molecule has 0 saturated carbocycles. The highest BCUT2D eigenvalue weighted by atomic mass is 19.1. The molecule has 3 rings (SSSR count). The smallest absolute Gasteiger partial charge is 0.256 e. The van der Waals surface area contributed by atoms with Gasteiger partial charge in [0.2, 0.25) is 5.91 Å². The molecule has 1 aliphatic rings. The van der Waals surface area contributed by atoms with Gasteiger partial charge in [0.1, 0.15) is 11.6 Å². The van der Waals surface area contributed by atoms with Crippen LogP contribution in [0, 0.1) is 17.6 Å². The van der Waals surface area contributed by atoms with E-state index in [9.17, 15) is 18.4 Å². The van der Waals surface area contributed by atoms with Gasteiger partial charge in [-0.25, -0.2) is 8.78 Å². The third-order valence-electron chi connectivity index (χ3n) is 5.11. The largest absolute Gasteiger partial charge is 0.353 e. The fraction of sp³-hybridized carbons (Fsp3) is 0.364. The van der Waals surface area contributed by atoms with Crippen LogP contribution in [0.3, 0.4) is 0 Å². The lowest BCUT2D eigenvalue weighted by Crippen LogP contribution is -2.47. The molecule has 1 unspecified atom stereocenters. The Kier molecular flexibility index (Phi) is 6.39. The van der Waals surface area contributed by atoms with Crippen molar-refractivity contribution >= 4 is 11.8 Å². The molecular weight excluding hydrogens is 362 g/mol. The fourth-order valence-corrected chi connectivity index (χ4v) is 3.49. The lowest BCUT2D eigenvalue weighted by Gasteiger charge is -2.33. The van der Waals surface area contributed by atoms with Gasteiger partial charge in [0.15, 0.2) is 0 Å². The Balaban J connectivity index is 1.49. The number of piperidine rings is 1. The van der Waals surface area contributed by atoms with E-state index in [2.05, 4.69) is 5.32 Å².